The maximum atomic E-state index is 9.25. The van der Waals surface area contributed by atoms with Crippen LogP contribution in [0.4, 0.5) is 0 Å². The Balaban J connectivity index is 2.89. The van der Waals surface area contributed by atoms with Gasteiger partial charge in [0.1, 0.15) is 0 Å². The van der Waals surface area contributed by atoms with Crippen LogP contribution in [0.5, 0.6) is 0 Å². The van der Waals surface area contributed by atoms with E-state index in [1.807, 2.05) is 35.0 Å². The lowest BCUT2D eigenvalue weighted by Crippen LogP contribution is -2.14. The van der Waals surface area contributed by atoms with E-state index in [0.29, 0.717) is 10.4 Å². The Kier molecular flexibility index (Phi) is 3.34. The molecule has 2 aromatic heterocycles. The molecule has 0 radical (unpaired) electrons. The molecule has 1 aromatic carbocycles. The standard InChI is InChI=1S/C16H4N4S2/c1-19-11(7-17)13-9-3-5-21-15(9)14(12(8-18)20-2)16-10(13)4-6-22-16/h3-6H. The topological polar surface area (TPSA) is 56.3 Å². The van der Waals surface area contributed by atoms with E-state index >= 15 is 0 Å². The van der Waals surface area contributed by atoms with Gasteiger partial charge in [-0.2, -0.15) is 0 Å². The van der Waals surface area contributed by atoms with Crippen molar-refractivity contribution in [2.24, 2.45) is 0 Å². The summed E-state index contributed by atoms with van der Waals surface area (Å²) in [5.41, 5.74) is 0.0624. The van der Waals surface area contributed by atoms with Crippen LogP contribution >= 0.6 is 22.7 Å². The molecule has 0 spiro atoms. The highest BCUT2D eigenvalue weighted by Crippen LogP contribution is 2.24. The number of hydrogen-bond acceptors (Lipinski definition) is 4. The van der Waals surface area contributed by atoms with Crippen LogP contribution in [-0.2, 0) is 0 Å². The smallest absolute Gasteiger partial charge is 0.226 e. The number of nitriles is 2. The third-order valence-corrected chi connectivity index (χ3v) is 5.10. The molecule has 4 nitrogen and oxygen atoms in total. The van der Waals surface area contributed by atoms with E-state index in [1.54, 1.807) is 0 Å². The quantitative estimate of drug-likeness (QED) is 0.598. The highest BCUT2D eigenvalue weighted by molar-refractivity contribution is 7.19. The molecule has 100 valence electrons. The van der Waals surface area contributed by atoms with E-state index < -0.39 is 0 Å². The Morgan fingerprint density at radius 2 is 1.32 bits per heavy atom. The lowest BCUT2D eigenvalue weighted by molar-refractivity contribution is 1.53. The first-order chi connectivity index (χ1) is 10.8. The van der Waals surface area contributed by atoms with Crippen LogP contribution in [0.25, 0.3) is 41.3 Å². The van der Waals surface area contributed by atoms with Gasteiger partial charge in [-0.3, -0.25) is 0 Å². The summed E-state index contributed by atoms with van der Waals surface area (Å²) in [6.07, 6.45) is 0. The molecular weight excluding hydrogens is 312 g/mol. The lowest BCUT2D eigenvalue weighted by atomic mass is 10.1. The molecule has 0 amide bonds. The molecule has 0 N–H and O–H groups in total. The maximum absolute atomic E-state index is 9.25. The van der Waals surface area contributed by atoms with Crippen molar-refractivity contribution in [1.82, 2.24) is 0 Å². The van der Waals surface area contributed by atoms with Crippen molar-refractivity contribution < 1.29 is 0 Å². The van der Waals surface area contributed by atoms with Crippen molar-refractivity contribution >= 4 is 54.2 Å². The summed E-state index contributed by atoms with van der Waals surface area (Å²) in [6.45, 7) is 14.5. The summed E-state index contributed by atoms with van der Waals surface area (Å²) in [7, 11) is 0. The van der Waals surface area contributed by atoms with Crippen molar-refractivity contribution in [2.75, 3.05) is 0 Å². The van der Waals surface area contributed by atoms with Gasteiger partial charge in [-0.25, -0.2) is 20.2 Å². The zero-order valence-corrected chi connectivity index (χ0v) is 12.5. The van der Waals surface area contributed by atoms with Crippen molar-refractivity contribution in [1.29, 1.82) is 10.5 Å². The second-order valence-corrected chi connectivity index (χ2v) is 6.05. The Hall–Kier alpha value is -3.16. The van der Waals surface area contributed by atoms with Crippen LogP contribution in [0.2, 0.25) is 0 Å². The highest BCUT2D eigenvalue weighted by atomic mass is 32.1. The fraction of sp³-hybridized carbons (Fsp3) is 0. The number of benzene rings is 1. The molecular formula is C16H4N4S2. The number of rotatable bonds is 0. The zero-order valence-electron chi connectivity index (χ0n) is 10.9. The number of thiophene rings is 2. The van der Waals surface area contributed by atoms with E-state index in [0.717, 1.165) is 20.2 Å². The molecule has 0 aliphatic rings. The van der Waals surface area contributed by atoms with Crippen LogP contribution in [0.3, 0.4) is 0 Å². The number of nitrogens with zero attached hydrogens (tertiary/aromatic N) is 4. The minimum atomic E-state index is 0.0275. The largest absolute Gasteiger partial charge is 0.271 e. The van der Waals surface area contributed by atoms with Gasteiger partial charge in [0.05, 0.1) is 25.3 Å². The van der Waals surface area contributed by atoms with Gasteiger partial charge < -0.3 is 0 Å². The van der Waals surface area contributed by atoms with Crippen LogP contribution in [-0.4, -0.2) is 0 Å². The molecule has 6 heteroatoms. The molecule has 0 saturated heterocycles. The second kappa shape index (κ2) is 5.32. The molecule has 0 aliphatic heterocycles. The molecule has 22 heavy (non-hydrogen) atoms. The van der Waals surface area contributed by atoms with E-state index in [9.17, 15) is 10.5 Å². The minimum absolute atomic E-state index is 0.0275. The lowest BCUT2D eigenvalue weighted by Gasteiger charge is -2.00. The normalized spacial score (nSPS) is 9.64. The van der Waals surface area contributed by atoms with Crippen molar-refractivity contribution in [3.63, 3.8) is 0 Å². The summed E-state index contributed by atoms with van der Waals surface area (Å²) in [6, 6.07) is 7.56. The highest BCUT2D eigenvalue weighted by Gasteiger charge is 2.13. The molecule has 0 atom stereocenters. The molecule has 3 rings (SSSR count). The molecule has 0 unspecified atom stereocenters. The maximum Gasteiger partial charge on any atom is 0.271 e. The van der Waals surface area contributed by atoms with Gasteiger partial charge in [0.15, 0.2) is 0 Å². The first-order valence-corrected chi connectivity index (χ1v) is 7.72. The van der Waals surface area contributed by atoms with Gasteiger partial charge in [0, 0.05) is 19.8 Å². The van der Waals surface area contributed by atoms with Gasteiger partial charge in [-0.15, -0.1) is 22.7 Å². The van der Waals surface area contributed by atoms with Gasteiger partial charge in [0.2, 0.25) is 0 Å². The van der Waals surface area contributed by atoms with Crippen LogP contribution in [0.15, 0.2) is 22.9 Å². The summed E-state index contributed by atoms with van der Waals surface area (Å²) in [5, 5.41) is 24.9. The summed E-state index contributed by atoms with van der Waals surface area (Å²) in [4.78, 5) is 6.67. The first kappa shape index (κ1) is 13.8. The Morgan fingerprint density at radius 1 is 0.864 bits per heavy atom. The molecule has 2 heterocycles. The SMILES string of the molecule is [C-]#[N+]C(C#N)=c1c2ccsc2c(=C(C#N)[N+]#[C-])c2sccc12. The molecule has 0 fully saturated rings. The van der Waals surface area contributed by atoms with E-state index in [1.165, 1.54) is 22.7 Å². The van der Waals surface area contributed by atoms with Crippen LogP contribution in [0.1, 0.15) is 0 Å². The van der Waals surface area contributed by atoms with Gasteiger partial charge in [-0.05, 0) is 33.7 Å². The summed E-state index contributed by atoms with van der Waals surface area (Å²) >= 11 is 2.82. The average Bonchev–Trinajstić information content (AvgIpc) is 3.19. The number of fused-ring (bicyclic) bond motifs is 2. The van der Waals surface area contributed by atoms with Gasteiger partial charge in [-0.1, -0.05) is 0 Å². The fourth-order valence-corrected chi connectivity index (χ4v) is 4.36. The van der Waals surface area contributed by atoms with Crippen LogP contribution < -0.4 is 10.4 Å². The Labute approximate surface area is 133 Å². The van der Waals surface area contributed by atoms with E-state index in [2.05, 4.69) is 9.69 Å². The first-order valence-electron chi connectivity index (χ1n) is 5.97. The third kappa shape index (κ3) is 1.77. The predicted octanol–water partition coefficient (Wildman–Crippen LogP) is 3.22. The average molecular weight is 316 g/mol. The van der Waals surface area contributed by atoms with Crippen molar-refractivity contribution in [3.05, 3.63) is 56.2 Å². The molecule has 0 bridgehead atoms. The van der Waals surface area contributed by atoms with Gasteiger partial charge in [0.25, 0.3) is 11.4 Å². The van der Waals surface area contributed by atoms with E-state index in [-0.39, 0.29) is 11.4 Å². The minimum Gasteiger partial charge on any atom is -0.226 e. The monoisotopic (exact) mass is 316 g/mol. The number of hydrogen-bond donors (Lipinski definition) is 0. The molecule has 3 aromatic rings. The van der Waals surface area contributed by atoms with Gasteiger partial charge >= 0.3 is 0 Å². The van der Waals surface area contributed by atoms with Crippen LogP contribution in [0, 0.1) is 35.8 Å². The van der Waals surface area contributed by atoms with Crippen molar-refractivity contribution in [2.45, 2.75) is 0 Å². The summed E-state index contributed by atoms with van der Waals surface area (Å²) in [5.74, 6) is 0. The predicted molar refractivity (Wildman–Crippen MR) is 87.7 cm³/mol. The van der Waals surface area contributed by atoms with E-state index in [4.69, 9.17) is 13.1 Å². The second-order valence-electron chi connectivity index (χ2n) is 4.22. The Bertz CT molecular complexity index is 1030. The summed E-state index contributed by atoms with van der Waals surface area (Å²) < 4.78 is 1.54. The van der Waals surface area contributed by atoms with Crippen molar-refractivity contribution in [3.8, 4) is 12.1 Å². The fourth-order valence-electron chi connectivity index (χ4n) is 2.39. The third-order valence-electron chi connectivity index (χ3n) is 3.23. The zero-order chi connectivity index (χ0) is 15.7. The molecule has 0 aliphatic carbocycles. The Morgan fingerprint density at radius 3 is 1.73 bits per heavy atom. The molecule has 0 saturated carbocycles.